The standard InChI is InChI=1S/C31H33N3O4/c1-3-5-11-20-33-29(35)27(30(36)37-4-2)28(34-26-15-10-9-14-25(26)32-31(33)34)23-16-18-24(19-17-23)38-21-22-12-7-6-8-13-22/h6-10,12-19,27-28H,3-5,11,20-21H2,1-2H3/t27-,28-/m1/s1. The Morgan fingerprint density at radius 3 is 2.39 bits per heavy atom. The van der Waals surface area contributed by atoms with Crippen LogP contribution >= 0.6 is 0 Å². The molecule has 0 unspecified atom stereocenters. The molecule has 1 aromatic heterocycles. The maximum Gasteiger partial charge on any atom is 0.321 e. The number of fused-ring (bicyclic) bond motifs is 3. The number of imidazole rings is 1. The Hall–Kier alpha value is -4.13. The zero-order valence-electron chi connectivity index (χ0n) is 21.9. The molecule has 3 aromatic carbocycles. The van der Waals surface area contributed by atoms with Crippen molar-refractivity contribution in [2.45, 2.75) is 45.8 Å². The smallest absolute Gasteiger partial charge is 0.321 e. The number of hydrogen-bond donors (Lipinski definition) is 0. The molecular formula is C31H33N3O4. The Balaban J connectivity index is 1.55. The van der Waals surface area contributed by atoms with Crippen molar-refractivity contribution in [1.29, 1.82) is 0 Å². The highest BCUT2D eigenvalue weighted by molar-refractivity contribution is 6.08. The normalized spacial score (nSPS) is 16.9. The van der Waals surface area contributed by atoms with Crippen LogP contribution in [-0.2, 0) is 20.9 Å². The molecule has 196 valence electrons. The van der Waals surface area contributed by atoms with Crippen LogP contribution in [0.15, 0.2) is 78.9 Å². The highest BCUT2D eigenvalue weighted by Gasteiger charge is 2.47. The summed E-state index contributed by atoms with van der Waals surface area (Å²) < 4.78 is 13.5. The largest absolute Gasteiger partial charge is 0.489 e. The van der Waals surface area contributed by atoms with Gasteiger partial charge in [-0.1, -0.05) is 74.4 Å². The van der Waals surface area contributed by atoms with Gasteiger partial charge in [0.2, 0.25) is 11.9 Å². The fraction of sp³-hybridized carbons (Fsp3) is 0.323. The quantitative estimate of drug-likeness (QED) is 0.150. The molecule has 2 heterocycles. The van der Waals surface area contributed by atoms with Gasteiger partial charge in [0.05, 0.1) is 23.7 Å². The lowest BCUT2D eigenvalue weighted by Crippen LogP contribution is -2.50. The number of esters is 1. The van der Waals surface area contributed by atoms with Crippen LogP contribution in [0, 0.1) is 5.92 Å². The predicted octanol–water partition coefficient (Wildman–Crippen LogP) is 5.92. The molecule has 1 aliphatic rings. The van der Waals surface area contributed by atoms with Crippen LogP contribution in [0.3, 0.4) is 0 Å². The summed E-state index contributed by atoms with van der Waals surface area (Å²) in [5.41, 5.74) is 3.56. The lowest BCUT2D eigenvalue weighted by atomic mass is 9.89. The zero-order valence-corrected chi connectivity index (χ0v) is 21.9. The average molecular weight is 512 g/mol. The second-order valence-electron chi connectivity index (χ2n) is 9.49. The summed E-state index contributed by atoms with van der Waals surface area (Å²) in [4.78, 5) is 33.8. The van der Waals surface area contributed by atoms with Gasteiger partial charge in [0.15, 0.2) is 5.92 Å². The number of unbranched alkanes of at least 4 members (excludes halogenated alkanes) is 2. The molecule has 0 fully saturated rings. The molecule has 2 atom stereocenters. The maximum atomic E-state index is 13.9. The molecule has 38 heavy (non-hydrogen) atoms. The first-order chi connectivity index (χ1) is 18.6. The number of carbonyl (C=O) groups excluding carboxylic acids is 2. The Kier molecular flexibility index (Phi) is 7.73. The molecule has 4 aromatic rings. The van der Waals surface area contributed by atoms with Crippen molar-refractivity contribution in [1.82, 2.24) is 9.55 Å². The molecule has 0 radical (unpaired) electrons. The summed E-state index contributed by atoms with van der Waals surface area (Å²) in [6.45, 7) is 5.05. The van der Waals surface area contributed by atoms with Crippen LogP contribution in [0.1, 0.15) is 50.3 Å². The van der Waals surface area contributed by atoms with E-state index in [1.807, 2.05) is 83.4 Å². The molecule has 0 saturated heterocycles. The van der Waals surface area contributed by atoms with E-state index in [0.717, 1.165) is 41.4 Å². The number of ether oxygens (including phenoxy) is 2. The van der Waals surface area contributed by atoms with Gasteiger partial charge in [-0.25, -0.2) is 4.98 Å². The van der Waals surface area contributed by atoms with Gasteiger partial charge < -0.3 is 14.0 Å². The van der Waals surface area contributed by atoms with Crippen molar-refractivity contribution in [3.63, 3.8) is 0 Å². The van der Waals surface area contributed by atoms with E-state index < -0.39 is 17.9 Å². The van der Waals surface area contributed by atoms with E-state index in [4.69, 9.17) is 14.5 Å². The predicted molar refractivity (Wildman–Crippen MR) is 147 cm³/mol. The van der Waals surface area contributed by atoms with E-state index in [9.17, 15) is 9.59 Å². The SMILES string of the molecule is CCCCCN1C(=O)[C@H](C(=O)OCC)[C@@H](c2ccc(OCc3ccccc3)cc2)n2c1nc1ccccc12. The number of rotatable bonds is 10. The van der Waals surface area contributed by atoms with Gasteiger partial charge in [-0.3, -0.25) is 14.5 Å². The topological polar surface area (TPSA) is 73.7 Å². The first-order valence-corrected chi connectivity index (χ1v) is 13.3. The van der Waals surface area contributed by atoms with Crippen LogP contribution < -0.4 is 9.64 Å². The van der Waals surface area contributed by atoms with E-state index in [1.54, 1.807) is 11.8 Å². The van der Waals surface area contributed by atoms with Crippen molar-refractivity contribution < 1.29 is 19.1 Å². The van der Waals surface area contributed by atoms with Crippen LogP contribution in [0.4, 0.5) is 5.95 Å². The second kappa shape index (κ2) is 11.5. The Morgan fingerprint density at radius 1 is 0.921 bits per heavy atom. The van der Waals surface area contributed by atoms with Gasteiger partial charge in [0, 0.05) is 6.54 Å². The molecular weight excluding hydrogens is 478 g/mol. The molecule has 5 rings (SSSR count). The van der Waals surface area contributed by atoms with E-state index in [2.05, 4.69) is 6.92 Å². The summed E-state index contributed by atoms with van der Waals surface area (Å²) >= 11 is 0. The van der Waals surface area contributed by atoms with Crippen molar-refractivity contribution in [2.75, 3.05) is 18.1 Å². The monoisotopic (exact) mass is 511 g/mol. The van der Waals surface area contributed by atoms with Crippen LogP contribution in [0.25, 0.3) is 11.0 Å². The van der Waals surface area contributed by atoms with Crippen molar-refractivity contribution in [3.8, 4) is 5.75 Å². The molecule has 0 spiro atoms. The first kappa shape index (κ1) is 25.5. The average Bonchev–Trinajstić information content (AvgIpc) is 3.33. The lowest BCUT2D eigenvalue weighted by molar-refractivity contribution is -0.153. The Labute approximate surface area is 223 Å². The molecule has 7 nitrogen and oxygen atoms in total. The van der Waals surface area contributed by atoms with Gasteiger partial charge in [0.1, 0.15) is 12.4 Å². The highest BCUT2D eigenvalue weighted by Crippen LogP contribution is 2.41. The van der Waals surface area contributed by atoms with Crippen LogP contribution in [-0.4, -0.2) is 34.6 Å². The summed E-state index contributed by atoms with van der Waals surface area (Å²) in [5, 5.41) is 0. The second-order valence-corrected chi connectivity index (χ2v) is 9.49. The van der Waals surface area contributed by atoms with Gasteiger partial charge in [0.25, 0.3) is 0 Å². The van der Waals surface area contributed by atoms with E-state index in [0.29, 0.717) is 24.8 Å². The molecule has 7 heteroatoms. The van der Waals surface area contributed by atoms with E-state index >= 15 is 0 Å². The summed E-state index contributed by atoms with van der Waals surface area (Å²) in [7, 11) is 0. The minimum absolute atomic E-state index is 0.203. The number of amides is 1. The summed E-state index contributed by atoms with van der Waals surface area (Å²) in [5.74, 6) is -0.517. The number of aromatic nitrogens is 2. The third-order valence-electron chi connectivity index (χ3n) is 6.94. The Bertz CT molecular complexity index is 1400. The van der Waals surface area contributed by atoms with Crippen molar-refractivity contribution in [3.05, 3.63) is 90.0 Å². The van der Waals surface area contributed by atoms with Gasteiger partial charge >= 0.3 is 5.97 Å². The lowest BCUT2D eigenvalue weighted by Gasteiger charge is -2.38. The minimum Gasteiger partial charge on any atom is -0.489 e. The minimum atomic E-state index is -1.02. The van der Waals surface area contributed by atoms with E-state index in [-0.39, 0.29) is 12.5 Å². The third kappa shape index (κ3) is 5.01. The van der Waals surface area contributed by atoms with Crippen LogP contribution in [0.5, 0.6) is 5.75 Å². The fourth-order valence-corrected chi connectivity index (χ4v) is 5.08. The van der Waals surface area contributed by atoms with Crippen molar-refractivity contribution >= 4 is 28.9 Å². The number of anilines is 1. The molecule has 0 saturated carbocycles. The molecule has 0 bridgehead atoms. The number of carbonyl (C=O) groups is 2. The zero-order chi connectivity index (χ0) is 26.5. The molecule has 0 N–H and O–H groups in total. The third-order valence-corrected chi connectivity index (χ3v) is 6.94. The van der Waals surface area contributed by atoms with E-state index in [1.165, 1.54) is 0 Å². The van der Waals surface area contributed by atoms with Gasteiger partial charge in [-0.05, 0) is 48.7 Å². The first-order valence-electron chi connectivity index (χ1n) is 13.3. The number of hydrogen-bond acceptors (Lipinski definition) is 5. The molecule has 1 amide bonds. The Morgan fingerprint density at radius 2 is 1.66 bits per heavy atom. The number of nitrogens with zero attached hydrogens (tertiary/aromatic N) is 3. The molecule has 0 aliphatic carbocycles. The highest BCUT2D eigenvalue weighted by atomic mass is 16.5. The summed E-state index contributed by atoms with van der Waals surface area (Å²) in [6.07, 6.45) is 2.85. The van der Waals surface area contributed by atoms with Crippen molar-refractivity contribution in [2.24, 2.45) is 5.92 Å². The summed E-state index contributed by atoms with van der Waals surface area (Å²) in [6, 6.07) is 24.8. The van der Waals surface area contributed by atoms with Crippen LogP contribution in [0.2, 0.25) is 0 Å². The molecule has 1 aliphatic heterocycles. The number of benzene rings is 3. The number of para-hydroxylation sites is 2. The van der Waals surface area contributed by atoms with Gasteiger partial charge in [-0.15, -0.1) is 0 Å². The van der Waals surface area contributed by atoms with Gasteiger partial charge in [-0.2, -0.15) is 0 Å². The maximum absolute atomic E-state index is 13.9. The fourth-order valence-electron chi connectivity index (χ4n) is 5.08.